The van der Waals surface area contributed by atoms with Gasteiger partial charge in [-0.3, -0.25) is 9.69 Å². The van der Waals surface area contributed by atoms with Crippen molar-refractivity contribution >= 4 is 35.6 Å². The molecule has 0 spiro atoms. The second kappa shape index (κ2) is 8.34. The summed E-state index contributed by atoms with van der Waals surface area (Å²) in [5, 5.41) is 3.52. The Labute approximate surface area is 148 Å². The molecule has 0 saturated carbocycles. The Balaban J connectivity index is 0.00000192. The van der Waals surface area contributed by atoms with Crippen LogP contribution in [0.1, 0.15) is 17.5 Å². The van der Waals surface area contributed by atoms with Crippen LogP contribution in [0.5, 0.6) is 0 Å². The monoisotopic (exact) mass is 350 g/mol. The zero-order valence-corrected chi connectivity index (χ0v) is 14.4. The number of nitrogens with one attached hydrogen (secondary N) is 1. The van der Waals surface area contributed by atoms with E-state index in [9.17, 15) is 4.79 Å². The summed E-state index contributed by atoms with van der Waals surface area (Å²) in [6.45, 7) is 2.73. The van der Waals surface area contributed by atoms with E-state index in [1.807, 2.05) is 12.1 Å². The first kappa shape index (κ1) is 17.8. The van der Waals surface area contributed by atoms with Crippen LogP contribution in [0.3, 0.4) is 0 Å². The molecule has 2 aromatic carbocycles. The standard InChI is InChI=1S/C18H19ClN2O.ClH/c19-16-6-3-7-17(12-16)20-18(22)9-11-21-10-8-14-4-1-2-5-15(14)13-21;/h1-7,12H,8-11,13H2,(H,20,22);1H. The molecule has 0 bridgehead atoms. The third kappa shape index (κ3) is 4.96. The van der Waals surface area contributed by atoms with E-state index in [-0.39, 0.29) is 18.3 Å². The lowest BCUT2D eigenvalue weighted by Crippen LogP contribution is -2.33. The van der Waals surface area contributed by atoms with Crippen LogP contribution in [0.15, 0.2) is 48.5 Å². The van der Waals surface area contributed by atoms with Gasteiger partial charge in [-0.2, -0.15) is 0 Å². The van der Waals surface area contributed by atoms with Gasteiger partial charge in [0.2, 0.25) is 5.91 Å². The van der Waals surface area contributed by atoms with E-state index in [0.29, 0.717) is 11.4 Å². The number of carbonyl (C=O) groups is 1. The Morgan fingerprint density at radius 3 is 2.70 bits per heavy atom. The van der Waals surface area contributed by atoms with E-state index in [4.69, 9.17) is 11.6 Å². The first-order valence-electron chi connectivity index (χ1n) is 7.55. The van der Waals surface area contributed by atoms with Gasteiger partial charge in [-0.05, 0) is 35.7 Å². The van der Waals surface area contributed by atoms with Crippen molar-refractivity contribution in [3.8, 4) is 0 Å². The molecule has 2 aromatic rings. The van der Waals surface area contributed by atoms with E-state index >= 15 is 0 Å². The molecular weight excluding hydrogens is 331 g/mol. The number of anilines is 1. The molecule has 1 N–H and O–H groups in total. The number of hydrogen-bond acceptors (Lipinski definition) is 2. The molecule has 0 unspecified atom stereocenters. The van der Waals surface area contributed by atoms with Gasteiger partial charge in [-0.1, -0.05) is 41.9 Å². The van der Waals surface area contributed by atoms with Crippen LogP contribution in [0.25, 0.3) is 0 Å². The highest BCUT2D eigenvalue weighted by Crippen LogP contribution is 2.19. The molecule has 1 aliphatic heterocycles. The molecule has 3 rings (SSSR count). The average molecular weight is 351 g/mol. The summed E-state index contributed by atoms with van der Waals surface area (Å²) in [5.41, 5.74) is 3.56. The van der Waals surface area contributed by atoms with Gasteiger partial charge in [0.05, 0.1) is 0 Å². The second-order valence-electron chi connectivity index (χ2n) is 5.60. The molecule has 122 valence electrons. The molecule has 0 aliphatic carbocycles. The minimum Gasteiger partial charge on any atom is -0.326 e. The highest BCUT2D eigenvalue weighted by atomic mass is 35.5. The molecule has 1 aliphatic rings. The molecular formula is C18H20Cl2N2O. The maximum absolute atomic E-state index is 12.0. The van der Waals surface area contributed by atoms with Crippen LogP contribution in [0.4, 0.5) is 5.69 Å². The van der Waals surface area contributed by atoms with Gasteiger partial charge in [-0.25, -0.2) is 0 Å². The van der Waals surface area contributed by atoms with Crippen molar-refractivity contribution in [2.24, 2.45) is 0 Å². The van der Waals surface area contributed by atoms with Crippen molar-refractivity contribution in [1.29, 1.82) is 0 Å². The van der Waals surface area contributed by atoms with E-state index in [2.05, 4.69) is 34.5 Å². The Morgan fingerprint density at radius 1 is 1.13 bits per heavy atom. The van der Waals surface area contributed by atoms with E-state index in [1.54, 1.807) is 12.1 Å². The Morgan fingerprint density at radius 2 is 1.91 bits per heavy atom. The third-order valence-electron chi connectivity index (χ3n) is 3.97. The number of amides is 1. The van der Waals surface area contributed by atoms with E-state index in [1.165, 1.54) is 11.1 Å². The fraction of sp³-hybridized carbons (Fsp3) is 0.278. The van der Waals surface area contributed by atoms with Crippen molar-refractivity contribution in [3.63, 3.8) is 0 Å². The van der Waals surface area contributed by atoms with Crippen molar-refractivity contribution in [1.82, 2.24) is 4.90 Å². The van der Waals surface area contributed by atoms with Crippen LogP contribution >= 0.6 is 24.0 Å². The number of halogens is 2. The van der Waals surface area contributed by atoms with Crippen molar-refractivity contribution < 1.29 is 4.79 Å². The summed E-state index contributed by atoms with van der Waals surface area (Å²) in [4.78, 5) is 14.4. The number of fused-ring (bicyclic) bond motifs is 1. The maximum Gasteiger partial charge on any atom is 0.225 e. The minimum atomic E-state index is 0. The van der Waals surface area contributed by atoms with Crippen molar-refractivity contribution in [2.45, 2.75) is 19.4 Å². The molecule has 23 heavy (non-hydrogen) atoms. The number of benzene rings is 2. The lowest BCUT2D eigenvalue weighted by Gasteiger charge is -2.28. The largest absolute Gasteiger partial charge is 0.326 e. The summed E-state index contributed by atoms with van der Waals surface area (Å²) in [5.74, 6) is 0.0288. The van der Waals surface area contributed by atoms with Crippen LogP contribution in [-0.2, 0) is 17.8 Å². The van der Waals surface area contributed by atoms with Gasteiger partial charge >= 0.3 is 0 Å². The molecule has 3 nitrogen and oxygen atoms in total. The Kier molecular flexibility index (Phi) is 6.46. The molecule has 5 heteroatoms. The highest BCUT2D eigenvalue weighted by Gasteiger charge is 2.16. The zero-order chi connectivity index (χ0) is 15.4. The average Bonchev–Trinajstić information content (AvgIpc) is 2.53. The summed E-state index contributed by atoms with van der Waals surface area (Å²) in [7, 11) is 0. The van der Waals surface area contributed by atoms with E-state index < -0.39 is 0 Å². The SMILES string of the molecule is Cl.O=C(CCN1CCc2ccccc2C1)Nc1cccc(Cl)c1. The normalized spacial score (nSPS) is 13.8. The Bertz CT molecular complexity index is 676. The summed E-state index contributed by atoms with van der Waals surface area (Å²) in [6.07, 6.45) is 1.56. The minimum absolute atomic E-state index is 0. The van der Waals surface area contributed by atoms with Crippen LogP contribution < -0.4 is 5.32 Å². The van der Waals surface area contributed by atoms with Gasteiger partial charge in [0.25, 0.3) is 0 Å². The molecule has 0 radical (unpaired) electrons. The van der Waals surface area contributed by atoms with Gasteiger partial charge in [0, 0.05) is 36.8 Å². The predicted octanol–water partition coefficient (Wildman–Crippen LogP) is 4.15. The summed E-state index contributed by atoms with van der Waals surface area (Å²) in [6, 6.07) is 15.8. The lowest BCUT2D eigenvalue weighted by molar-refractivity contribution is -0.116. The van der Waals surface area contributed by atoms with Gasteiger partial charge < -0.3 is 5.32 Å². The first-order chi connectivity index (χ1) is 10.7. The molecule has 0 saturated heterocycles. The fourth-order valence-electron chi connectivity index (χ4n) is 2.79. The van der Waals surface area contributed by atoms with Gasteiger partial charge in [0.1, 0.15) is 0 Å². The topological polar surface area (TPSA) is 32.3 Å². The van der Waals surface area contributed by atoms with Gasteiger partial charge in [0.15, 0.2) is 0 Å². The van der Waals surface area contributed by atoms with Gasteiger partial charge in [-0.15, -0.1) is 12.4 Å². The lowest BCUT2D eigenvalue weighted by atomic mass is 10.00. The number of carbonyl (C=O) groups excluding carboxylic acids is 1. The van der Waals surface area contributed by atoms with E-state index in [0.717, 1.165) is 31.7 Å². The second-order valence-corrected chi connectivity index (χ2v) is 6.04. The molecule has 0 atom stereocenters. The maximum atomic E-state index is 12.0. The van der Waals surface area contributed by atoms with Crippen LogP contribution in [0, 0.1) is 0 Å². The third-order valence-corrected chi connectivity index (χ3v) is 4.21. The number of rotatable bonds is 4. The van der Waals surface area contributed by atoms with Crippen molar-refractivity contribution in [2.75, 3.05) is 18.4 Å². The number of hydrogen-bond donors (Lipinski definition) is 1. The molecule has 1 heterocycles. The predicted molar refractivity (Wildman–Crippen MR) is 97.4 cm³/mol. The van der Waals surface area contributed by atoms with Crippen LogP contribution in [0.2, 0.25) is 5.02 Å². The summed E-state index contributed by atoms with van der Waals surface area (Å²) >= 11 is 5.92. The summed E-state index contributed by atoms with van der Waals surface area (Å²) < 4.78 is 0. The fourth-order valence-corrected chi connectivity index (χ4v) is 2.98. The zero-order valence-electron chi connectivity index (χ0n) is 12.8. The quantitative estimate of drug-likeness (QED) is 0.898. The van der Waals surface area contributed by atoms with Crippen LogP contribution in [-0.4, -0.2) is 23.9 Å². The first-order valence-corrected chi connectivity index (χ1v) is 7.93. The highest BCUT2D eigenvalue weighted by molar-refractivity contribution is 6.30. The van der Waals surface area contributed by atoms with Crippen molar-refractivity contribution in [3.05, 3.63) is 64.7 Å². The molecule has 0 fully saturated rings. The molecule has 1 amide bonds. The molecule has 0 aromatic heterocycles. The number of nitrogens with zero attached hydrogens (tertiary/aromatic N) is 1. The smallest absolute Gasteiger partial charge is 0.225 e. The Hall–Kier alpha value is -1.55.